The van der Waals surface area contributed by atoms with Gasteiger partial charge in [0.05, 0.1) is 17.8 Å². The number of aliphatic hydroxyl groups is 3. The fourth-order valence-electron chi connectivity index (χ4n) is 3.04. The van der Waals surface area contributed by atoms with Crippen LogP contribution in [-0.4, -0.2) is 65.7 Å². The summed E-state index contributed by atoms with van der Waals surface area (Å²) >= 11 is 14.8. The Morgan fingerprint density at radius 2 is 2.07 bits per heavy atom. The number of ether oxygens (including phenoxy) is 1. The first kappa shape index (κ1) is 21.0. The average molecular weight is 475 g/mol. The van der Waals surface area contributed by atoms with Crippen LogP contribution in [0.25, 0.3) is 10.7 Å². The number of aromatic nitrogens is 4. The van der Waals surface area contributed by atoms with Crippen molar-refractivity contribution in [3.8, 4) is 10.7 Å². The molecule has 8 nitrogen and oxygen atoms in total. The highest BCUT2D eigenvalue weighted by Crippen LogP contribution is 2.41. The zero-order valence-electron chi connectivity index (χ0n) is 14.7. The Kier molecular flexibility index (Phi) is 6.42. The van der Waals surface area contributed by atoms with Crippen LogP contribution in [0.4, 0.5) is 0 Å². The van der Waals surface area contributed by atoms with Gasteiger partial charge in [-0.1, -0.05) is 40.2 Å². The van der Waals surface area contributed by atoms with E-state index in [4.69, 9.17) is 27.9 Å². The molecule has 0 saturated carbocycles. The summed E-state index contributed by atoms with van der Waals surface area (Å²) in [7, 11) is 0. The van der Waals surface area contributed by atoms with Gasteiger partial charge in [0.25, 0.3) is 0 Å². The fraction of sp³-hybridized carbons (Fsp3) is 0.353. The van der Waals surface area contributed by atoms with Crippen LogP contribution in [0.1, 0.15) is 6.04 Å². The van der Waals surface area contributed by atoms with Gasteiger partial charge in [-0.05, 0) is 18.2 Å². The number of benzene rings is 1. The van der Waals surface area contributed by atoms with Gasteiger partial charge in [0, 0.05) is 21.5 Å². The number of aliphatic hydroxyl groups excluding tert-OH is 3. The Morgan fingerprint density at radius 1 is 1.24 bits per heavy atom. The molecule has 5 atom stereocenters. The lowest BCUT2D eigenvalue weighted by atomic mass is 9.97. The predicted molar refractivity (Wildman–Crippen MR) is 110 cm³/mol. The van der Waals surface area contributed by atoms with E-state index in [9.17, 15) is 15.3 Å². The molecular weight excluding hydrogens is 459 g/mol. The van der Waals surface area contributed by atoms with Crippen LogP contribution < -0.4 is 0 Å². The molecule has 1 saturated heterocycles. The van der Waals surface area contributed by atoms with Crippen molar-refractivity contribution in [1.82, 2.24) is 20.0 Å². The third-order valence-electron chi connectivity index (χ3n) is 4.45. The van der Waals surface area contributed by atoms with E-state index in [1.54, 1.807) is 30.6 Å². The maximum Gasteiger partial charge on any atom is 0.145 e. The maximum absolute atomic E-state index is 11.0. The van der Waals surface area contributed by atoms with Crippen molar-refractivity contribution < 1.29 is 20.1 Å². The quantitative estimate of drug-likeness (QED) is 0.516. The lowest BCUT2D eigenvalue weighted by Crippen LogP contribution is -2.55. The molecule has 1 aliphatic rings. The zero-order valence-corrected chi connectivity index (χ0v) is 17.8. The van der Waals surface area contributed by atoms with E-state index in [0.29, 0.717) is 25.6 Å². The van der Waals surface area contributed by atoms with Gasteiger partial charge >= 0.3 is 0 Å². The summed E-state index contributed by atoms with van der Waals surface area (Å²) in [5, 5.41) is 42.9. The summed E-state index contributed by atoms with van der Waals surface area (Å²) in [6.45, 7) is -0.432. The molecule has 12 heteroatoms. The van der Waals surface area contributed by atoms with Crippen LogP contribution in [-0.2, 0) is 4.74 Å². The summed E-state index contributed by atoms with van der Waals surface area (Å²) in [4.78, 5) is 4.79. The largest absolute Gasteiger partial charge is 0.394 e. The molecule has 4 rings (SSSR count). The van der Waals surface area contributed by atoms with Crippen LogP contribution in [0, 0.1) is 0 Å². The lowest BCUT2D eigenvalue weighted by Gasteiger charge is -2.41. The van der Waals surface area contributed by atoms with Gasteiger partial charge in [0.15, 0.2) is 0 Å². The van der Waals surface area contributed by atoms with Crippen molar-refractivity contribution in [3.63, 3.8) is 0 Å². The molecule has 0 aliphatic carbocycles. The first-order chi connectivity index (χ1) is 14.0. The number of thiazole rings is 1. The van der Waals surface area contributed by atoms with Crippen LogP contribution in [0.5, 0.6) is 0 Å². The summed E-state index contributed by atoms with van der Waals surface area (Å²) < 4.78 is 7.11. The Morgan fingerprint density at radius 3 is 2.79 bits per heavy atom. The molecule has 0 radical (unpaired) electrons. The number of thioether (sulfide) groups is 1. The van der Waals surface area contributed by atoms with E-state index >= 15 is 0 Å². The smallest absolute Gasteiger partial charge is 0.145 e. The van der Waals surface area contributed by atoms with E-state index in [1.807, 2.05) is 5.38 Å². The van der Waals surface area contributed by atoms with Crippen molar-refractivity contribution in [3.05, 3.63) is 46.0 Å². The fourth-order valence-corrected chi connectivity index (χ4v) is 5.24. The first-order valence-corrected chi connectivity index (χ1v) is 11.1. The molecule has 154 valence electrons. The van der Waals surface area contributed by atoms with Crippen LogP contribution in [0.15, 0.2) is 40.9 Å². The zero-order chi connectivity index (χ0) is 20.5. The van der Waals surface area contributed by atoms with Gasteiger partial charge in [0.2, 0.25) is 0 Å². The first-order valence-electron chi connectivity index (χ1n) is 8.54. The normalized spacial score (nSPS) is 27.3. The van der Waals surface area contributed by atoms with Crippen molar-refractivity contribution in [2.75, 3.05) is 6.61 Å². The molecule has 3 N–H and O–H groups in total. The standard InChI is InChI=1S/C17H16Cl2N4O4S2/c18-8-1-2-9(19)12(5-8)29-17-15(26)13(14(25)11(7-24)27-17)23-6-10(21-22-23)16-20-3-4-28-16/h1-6,11,13-15,17,24-26H,7H2/t11?,13-,14-,15?,17+/m0/s1. The molecule has 3 heterocycles. The molecule has 1 aliphatic heterocycles. The van der Waals surface area contributed by atoms with Gasteiger partial charge in [0.1, 0.15) is 40.5 Å². The minimum atomic E-state index is -1.20. The van der Waals surface area contributed by atoms with Crippen molar-refractivity contribution in [1.29, 1.82) is 0 Å². The third kappa shape index (κ3) is 4.30. The Labute approximate surface area is 184 Å². The van der Waals surface area contributed by atoms with E-state index in [-0.39, 0.29) is 0 Å². The number of rotatable bonds is 5. The Balaban J connectivity index is 1.63. The molecule has 0 amide bonds. The van der Waals surface area contributed by atoms with Gasteiger partial charge in [-0.25, -0.2) is 9.67 Å². The molecule has 0 bridgehead atoms. The SMILES string of the molecule is OCC1O[C@H](Sc2cc(Cl)ccc2Cl)C(O)[C@@H](n2cc(-c3nccs3)nn2)[C@H]1O. The molecule has 3 aromatic rings. The minimum Gasteiger partial charge on any atom is -0.394 e. The average Bonchev–Trinajstić information content (AvgIpc) is 3.38. The number of hydrogen-bond donors (Lipinski definition) is 3. The van der Waals surface area contributed by atoms with Gasteiger partial charge in [-0.2, -0.15) is 0 Å². The van der Waals surface area contributed by atoms with Crippen LogP contribution in [0.3, 0.4) is 0 Å². The predicted octanol–water partition coefficient (Wildman–Crippen LogP) is 2.48. The van der Waals surface area contributed by atoms with Crippen LogP contribution in [0.2, 0.25) is 10.0 Å². The second-order valence-electron chi connectivity index (χ2n) is 6.31. The van der Waals surface area contributed by atoms with E-state index in [1.165, 1.54) is 16.0 Å². The molecule has 29 heavy (non-hydrogen) atoms. The molecular formula is C17H16Cl2N4O4S2. The lowest BCUT2D eigenvalue weighted by molar-refractivity contribution is -0.178. The molecule has 1 fully saturated rings. The highest BCUT2D eigenvalue weighted by atomic mass is 35.5. The second-order valence-corrected chi connectivity index (χ2v) is 9.19. The second kappa shape index (κ2) is 8.86. The molecule has 2 unspecified atom stereocenters. The van der Waals surface area contributed by atoms with E-state index in [0.717, 1.165) is 11.8 Å². The summed E-state index contributed by atoms with van der Waals surface area (Å²) in [5.41, 5.74) is -0.308. The monoisotopic (exact) mass is 474 g/mol. The minimum absolute atomic E-state index is 0.432. The molecule has 2 aromatic heterocycles. The summed E-state index contributed by atoms with van der Waals surface area (Å²) in [5.74, 6) is 0. The highest BCUT2D eigenvalue weighted by Gasteiger charge is 2.46. The van der Waals surface area contributed by atoms with Gasteiger partial charge in [-0.15, -0.1) is 16.4 Å². The number of halogens is 2. The number of hydrogen-bond acceptors (Lipinski definition) is 9. The third-order valence-corrected chi connectivity index (χ3v) is 7.14. The van der Waals surface area contributed by atoms with E-state index in [2.05, 4.69) is 15.3 Å². The van der Waals surface area contributed by atoms with Crippen LogP contribution >= 0.6 is 46.3 Å². The summed E-state index contributed by atoms with van der Waals surface area (Å²) in [6.07, 6.45) is -0.0398. The topological polar surface area (TPSA) is 114 Å². The van der Waals surface area contributed by atoms with Crippen molar-refractivity contribution in [2.45, 2.75) is 34.7 Å². The Bertz CT molecular complexity index is 974. The Hall–Kier alpha value is -1.24. The van der Waals surface area contributed by atoms with Gasteiger partial charge in [-0.3, -0.25) is 0 Å². The van der Waals surface area contributed by atoms with Crippen molar-refractivity contribution in [2.24, 2.45) is 0 Å². The molecule has 0 spiro atoms. The number of nitrogens with zero attached hydrogens (tertiary/aromatic N) is 4. The van der Waals surface area contributed by atoms with E-state index < -0.39 is 36.4 Å². The summed E-state index contributed by atoms with van der Waals surface area (Å²) in [6, 6.07) is 4.08. The van der Waals surface area contributed by atoms with Gasteiger partial charge < -0.3 is 20.1 Å². The highest BCUT2D eigenvalue weighted by molar-refractivity contribution is 8.00. The molecule has 1 aromatic carbocycles. The maximum atomic E-state index is 11.0. The van der Waals surface area contributed by atoms with Crippen molar-refractivity contribution >= 4 is 46.3 Å².